The van der Waals surface area contributed by atoms with E-state index in [0.717, 1.165) is 83.7 Å². The summed E-state index contributed by atoms with van der Waals surface area (Å²) in [6, 6.07) is 14.1. The molecule has 2 heterocycles. The third-order valence-corrected chi connectivity index (χ3v) is 8.95. The maximum atomic E-state index is 13.2. The van der Waals surface area contributed by atoms with Gasteiger partial charge in [-0.2, -0.15) is 11.8 Å². The first-order valence-electron chi connectivity index (χ1n) is 13.4. The second-order valence-corrected chi connectivity index (χ2v) is 11.7. The molecule has 6 rings (SSSR count). The number of amides is 2. The van der Waals surface area contributed by atoms with E-state index in [1.165, 1.54) is 6.42 Å². The lowest BCUT2D eigenvalue weighted by Crippen LogP contribution is -2.37. The van der Waals surface area contributed by atoms with Gasteiger partial charge in [-0.15, -0.1) is 0 Å². The largest absolute Gasteiger partial charge is 0.446 e. The summed E-state index contributed by atoms with van der Waals surface area (Å²) in [7, 11) is 0. The van der Waals surface area contributed by atoms with Crippen molar-refractivity contribution in [2.45, 2.75) is 51.2 Å². The van der Waals surface area contributed by atoms with Crippen LogP contribution in [0.2, 0.25) is 0 Å². The molecule has 3 aliphatic rings. The number of nitrogens with one attached hydrogen (secondary N) is 1. The van der Waals surface area contributed by atoms with Crippen molar-refractivity contribution in [1.82, 2.24) is 9.47 Å². The van der Waals surface area contributed by atoms with E-state index in [4.69, 9.17) is 10.5 Å². The van der Waals surface area contributed by atoms with Crippen molar-refractivity contribution in [3.8, 4) is 11.3 Å². The molecule has 1 aromatic heterocycles. The van der Waals surface area contributed by atoms with Crippen LogP contribution in [0.15, 0.2) is 42.5 Å². The Bertz CT molecular complexity index is 1320. The molecule has 2 saturated carbocycles. The van der Waals surface area contributed by atoms with Crippen LogP contribution in [0.25, 0.3) is 22.2 Å². The third kappa shape index (κ3) is 4.79. The average molecular weight is 519 g/mol. The van der Waals surface area contributed by atoms with Crippen LogP contribution < -0.4 is 11.1 Å². The van der Waals surface area contributed by atoms with Gasteiger partial charge in [0.25, 0.3) is 5.91 Å². The topological polar surface area (TPSA) is 89.6 Å². The van der Waals surface area contributed by atoms with Gasteiger partial charge >= 0.3 is 6.09 Å². The van der Waals surface area contributed by atoms with Crippen LogP contribution in [0.5, 0.6) is 0 Å². The maximum absolute atomic E-state index is 13.2. The Labute approximate surface area is 221 Å². The minimum atomic E-state index is -0.417. The molecule has 0 spiro atoms. The molecule has 3 N–H and O–H groups in total. The SMILES string of the molecule is C[C@@H](OC(=O)Nc1ccc(-c2c(N)c3ccc(C(=O)N4CCSCC4)cc3n2C2CCC2)cc1)C1CC1. The van der Waals surface area contributed by atoms with E-state index in [1.54, 1.807) is 0 Å². The standard InChI is InChI=1S/C29H34N4O3S/c1-18(19-5-6-19)36-29(35)31-22-10-7-20(8-11-22)27-26(30)24-12-9-21(28(34)32-13-15-37-16-14-32)17-25(24)33(27)23-3-2-4-23/h7-12,17-19,23H,2-6,13-16,30H2,1H3,(H,31,35)/t18-/m1/s1. The lowest BCUT2D eigenvalue weighted by Gasteiger charge is -2.30. The van der Waals surface area contributed by atoms with E-state index in [0.29, 0.717) is 17.6 Å². The quantitative estimate of drug-likeness (QED) is 0.408. The van der Waals surface area contributed by atoms with Gasteiger partial charge in [-0.3, -0.25) is 10.1 Å². The van der Waals surface area contributed by atoms with Crippen LogP contribution in [0.3, 0.4) is 0 Å². The van der Waals surface area contributed by atoms with E-state index < -0.39 is 6.09 Å². The first-order chi connectivity index (χ1) is 18.0. The van der Waals surface area contributed by atoms with Crippen LogP contribution in [0.1, 0.15) is 55.4 Å². The van der Waals surface area contributed by atoms with Crippen LogP contribution in [-0.4, -0.2) is 52.2 Å². The Kier molecular flexibility index (Phi) is 6.53. The second-order valence-electron chi connectivity index (χ2n) is 10.5. The Balaban J connectivity index is 1.30. The fraction of sp³-hybridized carbons (Fsp3) is 0.448. The molecule has 194 valence electrons. The molecule has 37 heavy (non-hydrogen) atoms. The molecule has 1 aliphatic heterocycles. The number of nitrogens with zero attached hydrogens (tertiary/aromatic N) is 2. The van der Waals surface area contributed by atoms with Crippen molar-refractivity contribution in [3.05, 3.63) is 48.0 Å². The Morgan fingerprint density at radius 1 is 1.05 bits per heavy atom. The molecular formula is C29H34N4O3S. The maximum Gasteiger partial charge on any atom is 0.411 e. The molecule has 0 unspecified atom stereocenters. The zero-order valence-corrected chi connectivity index (χ0v) is 22.1. The van der Waals surface area contributed by atoms with Gasteiger partial charge in [0, 0.05) is 52.8 Å². The number of hydrogen-bond donors (Lipinski definition) is 2. The number of anilines is 2. The van der Waals surface area contributed by atoms with Crippen molar-refractivity contribution in [2.75, 3.05) is 35.6 Å². The molecular weight excluding hydrogens is 484 g/mol. The van der Waals surface area contributed by atoms with E-state index in [1.807, 2.05) is 66.1 Å². The van der Waals surface area contributed by atoms with E-state index in [-0.39, 0.29) is 12.0 Å². The predicted octanol–water partition coefficient (Wildman–Crippen LogP) is 6.15. The predicted molar refractivity (Wildman–Crippen MR) is 150 cm³/mol. The van der Waals surface area contributed by atoms with Gasteiger partial charge in [0.05, 0.1) is 16.9 Å². The van der Waals surface area contributed by atoms with Crippen LogP contribution in [-0.2, 0) is 4.74 Å². The average Bonchev–Trinajstić information content (AvgIpc) is 3.70. The van der Waals surface area contributed by atoms with E-state index in [9.17, 15) is 9.59 Å². The van der Waals surface area contributed by atoms with Gasteiger partial charge in [0.1, 0.15) is 6.10 Å². The number of nitrogen functional groups attached to an aromatic ring is 1. The van der Waals surface area contributed by atoms with Crippen molar-refractivity contribution in [2.24, 2.45) is 5.92 Å². The summed E-state index contributed by atoms with van der Waals surface area (Å²) < 4.78 is 7.83. The first-order valence-corrected chi connectivity index (χ1v) is 14.5. The Morgan fingerprint density at radius 2 is 1.78 bits per heavy atom. The highest BCUT2D eigenvalue weighted by Crippen LogP contribution is 2.44. The number of fused-ring (bicyclic) bond motifs is 1. The summed E-state index contributed by atoms with van der Waals surface area (Å²) in [4.78, 5) is 27.5. The molecule has 0 radical (unpaired) electrons. The van der Waals surface area contributed by atoms with Gasteiger partial charge < -0.3 is 19.9 Å². The van der Waals surface area contributed by atoms with Gasteiger partial charge in [-0.25, -0.2) is 4.79 Å². The minimum Gasteiger partial charge on any atom is -0.446 e. The van der Waals surface area contributed by atoms with Crippen molar-refractivity contribution < 1.29 is 14.3 Å². The normalized spacial score (nSPS) is 18.9. The number of aromatic nitrogens is 1. The highest BCUT2D eigenvalue weighted by atomic mass is 32.2. The highest BCUT2D eigenvalue weighted by molar-refractivity contribution is 7.99. The van der Waals surface area contributed by atoms with Gasteiger partial charge in [0.15, 0.2) is 0 Å². The smallest absolute Gasteiger partial charge is 0.411 e. The lowest BCUT2D eigenvalue weighted by molar-refractivity contribution is 0.0772. The number of carbonyl (C=O) groups excluding carboxylic acids is 2. The lowest BCUT2D eigenvalue weighted by atomic mass is 9.92. The fourth-order valence-electron chi connectivity index (χ4n) is 5.43. The van der Waals surface area contributed by atoms with Crippen LogP contribution in [0, 0.1) is 5.92 Å². The summed E-state index contributed by atoms with van der Waals surface area (Å²) >= 11 is 1.90. The van der Waals surface area contributed by atoms with E-state index >= 15 is 0 Å². The molecule has 3 aromatic rings. The highest BCUT2D eigenvalue weighted by Gasteiger charge is 2.31. The summed E-state index contributed by atoms with van der Waals surface area (Å²) in [5.41, 5.74) is 11.9. The van der Waals surface area contributed by atoms with Crippen molar-refractivity contribution >= 4 is 46.0 Å². The van der Waals surface area contributed by atoms with Gasteiger partial charge in [-0.05, 0) is 75.3 Å². The zero-order chi connectivity index (χ0) is 25.5. The number of ether oxygens (including phenoxy) is 1. The molecule has 3 fully saturated rings. The summed E-state index contributed by atoms with van der Waals surface area (Å²) in [5.74, 6) is 2.58. The zero-order valence-electron chi connectivity index (χ0n) is 21.2. The fourth-order valence-corrected chi connectivity index (χ4v) is 6.33. The summed E-state index contributed by atoms with van der Waals surface area (Å²) in [6.07, 6.45) is 5.18. The Hall–Kier alpha value is -3.13. The number of rotatable bonds is 6. The molecule has 1 atom stereocenters. The summed E-state index contributed by atoms with van der Waals surface area (Å²) in [5, 5.41) is 3.82. The van der Waals surface area contributed by atoms with E-state index in [2.05, 4.69) is 9.88 Å². The monoisotopic (exact) mass is 518 g/mol. The number of carbonyl (C=O) groups is 2. The number of hydrogen-bond acceptors (Lipinski definition) is 5. The molecule has 7 nitrogen and oxygen atoms in total. The molecule has 8 heteroatoms. The second kappa shape index (κ2) is 9.97. The molecule has 2 aromatic carbocycles. The number of nitrogens with two attached hydrogens (primary N) is 1. The Morgan fingerprint density at radius 3 is 2.43 bits per heavy atom. The van der Waals surface area contributed by atoms with Crippen molar-refractivity contribution in [1.29, 1.82) is 0 Å². The third-order valence-electron chi connectivity index (χ3n) is 8.01. The molecule has 1 saturated heterocycles. The minimum absolute atomic E-state index is 0.0529. The van der Waals surface area contributed by atoms with Crippen LogP contribution >= 0.6 is 11.8 Å². The van der Waals surface area contributed by atoms with Gasteiger partial charge in [-0.1, -0.05) is 12.1 Å². The molecule has 2 amide bonds. The van der Waals surface area contributed by atoms with Crippen molar-refractivity contribution in [3.63, 3.8) is 0 Å². The van der Waals surface area contributed by atoms with Crippen LogP contribution in [0.4, 0.5) is 16.2 Å². The number of thioether (sulfide) groups is 1. The summed E-state index contributed by atoms with van der Waals surface area (Å²) in [6.45, 7) is 3.55. The molecule has 0 bridgehead atoms. The molecule has 2 aliphatic carbocycles. The number of benzene rings is 2. The van der Waals surface area contributed by atoms with Gasteiger partial charge in [0.2, 0.25) is 0 Å². The first kappa shape index (κ1) is 24.2.